The predicted molar refractivity (Wildman–Crippen MR) is 133 cm³/mol. The van der Waals surface area contributed by atoms with Gasteiger partial charge in [-0.2, -0.15) is 13.2 Å². The fourth-order valence-electron chi connectivity index (χ4n) is 4.75. The first kappa shape index (κ1) is 27.2. The highest BCUT2D eigenvalue weighted by Gasteiger charge is 2.36. The first-order valence-electron chi connectivity index (χ1n) is 11.8. The van der Waals surface area contributed by atoms with Gasteiger partial charge in [0.25, 0.3) is 5.91 Å². The van der Waals surface area contributed by atoms with Crippen LogP contribution in [0, 0.1) is 5.82 Å². The summed E-state index contributed by atoms with van der Waals surface area (Å²) in [5, 5.41) is 11.7. The number of carbonyl (C=O) groups excluding carboxylic acids is 1. The second-order valence-corrected chi connectivity index (χ2v) is 9.59. The lowest BCUT2D eigenvalue weighted by Crippen LogP contribution is -2.55. The molecule has 0 aliphatic carbocycles. The number of pyridine rings is 1. The van der Waals surface area contributed by atoms with Crippen LogP contribution in [0.1, 0.15) is 35.3 Å². The fourth-order valence-corrected chi connectivity index (χ4v) is 4.75. The lowest BCUT2D eigenvalue weighted by atomic mass is 10.0. The standard InChI is InChI=1S/C25H27F4N5O4/c1-13-10-34(11-14(2)32(13)3)21-8-19(26)16(15-4-5-33(12-15)24(37)38)6-20(21)31-23(36)17-9-30-22(35)7-18(17)25(27,28)29/h4,6-9,13-14H,5,10-12H2,1-3H3,(H,30,35)(H,31,36)(H,37,38)/t13-,14+. The number of nitrogens with one attached hydrogen (secondary N) is 2. The monoisotopic (exact) mass is 537 g/mol. The number of piperazine rings is 1. The van der Waals surface area contributed by atoms with Gasteiger partial charge in [-0.25, -0.2) is 9.18 Å². The minimum Gasteiger partial charge on any atom is -0.465 e. The Kier molecular flexibility index (Phi) is 7.24. The lowest BCUT2D eigenvalue weighted by Gasteiger charge is -2.44. The van der Waals surface area contributed by atoms with E-state index >= 15 is 4.39 Å². The van der Waals surface area contributed by atoms with Crippen molar-refractivity contribution in [2.45, 2.75) is 32.1 Å². The Morgan fingerprint density at radius 1 is 1.13 bits per heavy atom. The Morgan fingerprint density at radius 3 is 2.37 bits per heavy atom. The average molecular weight is 538 g/mol. The predicted octanol–water partition coefficient (Wildman–Crippen LogP) is 3.69. The first-order valence-corrected chi connectivity index (χ1v) is 11.8. The number of rotatable bonds is 4. The molecule has 1 saturated heterocycles. The molecule has 2 aliphatic heterocycles. The third kappa shape index (κ3) is 5.37. The van der Waals surface area contributed by atoms with Gasteiger partial charge in [-0.15, -0.1) is 0 Å². The molecule has 204 valence electrons. The highest BCUT2D eigenvalue weighted by molar-refractivity contribution is 6.07. The number of aromatic amines is 1. The zero-order chi connectivity index (χ0) is 27.9. The minimum atomic E-state index is -4.96. The van der Waals surface area contributed by atoms with E-state index in [0.717, 1.165) is 4.90 Å². The molecule has 3 N–H and O–H groups in total. The molecule has 4 rings (SSSR count). The SMILES string of the molecule is C[C@@H]1CN(c2cc(F)c(C3=CCN(C(=O)O)C3)cc2NC(=O)c2c[nH]c(=O)cc2C(F)(F)F)C[C@H](C)N1C. The number of carbonyl (C=O) groups is 2. The van der Waals surface area contributed by atoms with E-state index in [1.807, 2.05) is 25.8 Å². The molecule has 2 aliphatic rings. The Bertz CT molecular complexity index is 1340. The molecule has 0 unspecified atom stereocenters. The van der Waals surface area contributed by atoms with Gasteiger partial charge in [-0.1, -0.05) is 6.08 Å². The molecule has 1 fully saturated rings. The van der Waals surface area contributed by atoms with Gasteiger partial charge in [0.2, 0.25) is 5.56 Å². The van der Waals surface area contributed by atoms with Crippen molar-refractivity contribution in [3.05, 3.63) is 63.3 Å². The minimum absolute atomic E-state index is 0.0283. The van der Waals surface area contributed by atoms with Gasteiger partial charge >= 0.3 is 12.3 Å². The van der Waals surface area contributed by atoms with Crippen LogP contribution in [0.4, 0.5) is 33.7 Å². The summed E-state index contributed by atoms with van der Waals surface area (Å²) in [6.07, 6.45) is -3.91. The molecule has 1 aromatic heterocycles. The highest BCUT2D eigenvalue weighted by atomic mass is 19.4. The summed E-state index contributed by atoms with van der Waals surface area (Å²) in [5.41, 5.74) is -2.49. The third-order valence-electron chi connectivity index (χ3n) is 7.04. The lowest BCUT2D eigenvalue weighted by molar-refractivity contribution is -0.138. The van der Waals surface area contributed by atoms with Crippen molar-refractivity contribution in [2.75, 3.05) is 43.4 Å². The van der Waals surface area contributed by atoms with Crippen LogP contribution in [0.2, 0.25) is 0 Å². The summed E-state index contributed by atoms with van der Waals surface area (Å²) in [4.78, 5) is 43.1. The number of alkyl halides is 3. The van der Waals surface area contributed by atoms with Crippen LogP contribution in [0.5, 0.6) is 0 Å². The van der Waals surface area contributed by atoms with E-state index in [4.69, 9.17) is 0 Å². The summed E-state index contributed by atoms with van der Waals surface area (Å²) < 4.78 is 56.2. The van der Waals surface area contributed by atoms with E-state index in [1.54, 1.807) is 6.08 Å². The van der Waals surface area contributed by atoms with Crippen molar-refractivity contribution in [1.82, 2.24) is 14.8 Å². The number of likely N-dealkylation sites (N-methyl/N-ethyl adjacent to an activating group) is 1. The first-order chi connectivity index (χ1) is 17.8. The molecule has 0 radical (unpaired) electrons. The second-order valence-electron chi connectivity index (χ2n) is 9.59. The van der Waals surface area contributed by atoms with E-state index in [-0.39, 0.29) is 42.1 Å². The van der Waals surface area contributed by atoms with Crippen molar-refractivity contribution in [2.24, 2.45) is 0 Å². The zero-order valence-electron chi connectivity index (χ0n) is 20.9. The van der Waals surface area contributed by atoms with Gasteiger partial charge in [0.15, 0.2) is 0 Å². The molecule has 1 aromatic carbocycles. The molecule has 0 saturated carbocycles. The number of amides is 2. The zero-order valence-corrected chi connectivity index (χ0v) is 20.9. The summed E-state index contributed by atoms with van der Waals surface area (Å²) >= 11 is 0. The smallest absolute Gasteiger partial charge is 0.417 e. The Labute approximate surface area is 215 Å². The Morgan fingerprint density at radius 2 is 1.79 bits per heavy atom. The number of hydrogen-bond donors (Lipinski definition) is 3. The topological polar surface area (TPSA) is 109 Å². The maximum absolute atomic E-state index is 15.4. The van der Waals surface area contributed by atoms with Crippen LogP contribution in [-0.2, 0) is 6.18 Å². The van der Waals surface area contributed by atoms with Crippen molar-refractivity contribution < 1.29 is 32.3 Å². The molecule has 0 spiro atoms. The van der Waals surface area contributed by atoms with Crippen LogP contribution in [0.15, 0.2) is 35.3 Å². The number of H-pyrrole nitrogens is 1. The Hall–Kier alpha value is -3.87. The van der Waals surface area contributed by atoms with E-state index in [0.29, 0.717) is 30.9 Å². The van der Waals surface area contributed by atoms with Crippen LogP contribution < -0.4 is 15.8 Å². The normalized spacial score (nSPS) is 20.4. The number of aromatic nitrogens is 1. The summed E-state index contributed by atoms with van der Waals surface area (Å²) in [6, 6.07) is 2.94. The molecule has 3 heterocycles. The maximum Gasteiger partial charge on any atom is 0.417 e. The van der Waals surface area contributed by atoms with Gasteiger partial charge < -0.3 is 25.2 Å². The molecule has 38 heavy (non-hydrogen) atoms. The highest BCUT2D eigenvalue weighted by Crippen LogP contribution is 2.37. The maximum atomic E-state index is 15.4. The summed E-state index contributed by atoms with van der Waals surface area (Å²) in [5.74, 6) is -1.80. The van der Waals surface area contributed by atoms with E-state index in [1.165, 1.54) is 12.1 Å². The second kappa shape index (κ2) is 10.1. The van der Waals surface area contributed by atoms with Gasteiger partial charge in [0.1, 0.15) is 5.82 Å². The molecular formula is C25H27F4N5O4. The molecule has 0 bridgehead atoms. The molecule has 2 atom stereocenters. The van der Waals surface area contributed by atoms with Gasteiger partial charge in [0.05, 0.1) is 22.5 Å². The average Bonchev–Trinajstić information content (AvgIpc) is 3.33. The molecule has 2 aromatic rings. The van der Waals surface area contributed by atoms with Crippen LogP contribution in [0.25, 0.3) is 5.57 Å². The summed E-state index contributed by atoms with van der Waals surface area (Å²) in [7, 11) is 1.95. The molecule has 13 heteroatoms. The van der Waals surface area contributed by atoms with Gasteiger partial charge in [-0.3, -0.25) is 14.5 Å². The number of anilines is 2. The van der Waals surface area contributed by atoms with Crippen molar-refractivity contribution in [3.63, 3.8) is 0 Å². The number of nitrogens with zero attached hydrogens (tertiary/aromatic N) is 3. The quantitative estimate of drug-likeness (QED) is 0.514. The van der Waals surface area contributed by atoms with Crippen molar-refractivity contribution >= 4 is 28.9 Å². The van der Waals surface area contributed by atoms with Gasteiger partial charge in [0, 0.05) is 56.1 Å². The largest absolute Gasteiger partial charge is 0.465 e. The van der Waals surface area contributed by atoms with Crippen LogP contribution in [0.3, 0.4) is 0 Å². The number of carboxylic acid groups (broad SMARTS) is 1. The molecule has 9 nitrogen and oxygen atoms in total. The summed E-state index contributed by atoms with van der Waals surface area (Å²) in [6.45, 7) is 4.85. The van der Waals surface area contributed by atoms with Gasteiger partial charge in [-0.05, 0) is 38.6 Å². The van der Waals surface area contributed by atoms with Crippen LogP contribution >= 0.6 is 0 Å². The number of halogens is 4. The van der Waals surface area contributed by atoms with Crippen molar-refractivity contribution in [3.8, 4) is 0 Å². The molecular weight excluding hydrogens is 510 g/mol. The van der Waals surface area contributed by atoms with E-state index in [9.17, 15) is 32.7 Å². The van der Waals surface area contributed by atoms with E-state index in [2.05, 4.69) is 15.2 Å². The Balaban J connectivity index is 1.77. The number of benzene rings is 1. The van der Waals surface area contributed by atoms with Crippen molar-refractivity contribution in [1.29, 1.82) is 0 Å². The number of hydrogen-bond acceptors (Lipinski definition) is 5. The third-order valence-corrected chi connectivity index (χ3v) is 7.04. The fraction of sp³-hybridized carbons (Fsp3) is 0.400. The molecule has 2 amide bonds. The van der Waals surface area contributed by atoms with Crippen LogP contribution in [-0.4, -0.2) is 77.2 Å². The van der Waals surface area contributed by atoms with E-state index < -0.39 is 40.7 Å².